The molecule has 17 heavy (non-hydrogen) atoms. The predicted molar refractivity (Wildman–Crippen MR) is 61.7 cm³/mol. The Kier molecular flexibility index (Phi) is 2.19. The van der Waals surface area contributed by atoms with E-state index in [1.165, 1.54) is 0 Å². The van der Waals surface area contributed by atoms with Crippen molar-refractivity contribution in [2.24, 2.45) is 17.3 Å². The molecule has 3 fully saturated rings. The third-order valence-electron chi connectivity index (χ3n) is 5.17. The van der Waals surface area contributed by atoms with E-state index in [0.29, 0.717) is 18.8 Å². The highest BCUT2D eigenvalue weighted by Gasteiger charge is 2.64. The molecular weight excluding hydrogens is 238 g/mol. The van der Waals surface area contributed by atoms with Crippen LogP contribution in [-0.2, 0) is 9.84 Å². The van der Waals surface area contributed by atoms with Gasteiger partial charge in [-0.1, -0.05) is 0 Å². The van der Waals surface area contributed by atoms with E-state index < -0.39 is 20.9 Å². The van der Waals surface area contributed by atoms with Crippen molar-refractivity contribution in [3.8, 4) is 6.07 Å². The summed E-state index contributed by atoms with van der Waals surface area (Å²) in [6, 6.07) is 2.17. The minimum atomic E-state index is -3.14. The van der Waals surface area contributed by atoms with Crippen molar-refractivity contribution in [3.63, 3.8) is 0 Å². The summed E-state index contributed by atoms with van der Waals surface area (Å²) in [7, 11) is -3.14. The van der Waals surface area contributed by atoms with Crippen LogP contribution < -0.4 is 0 Å². The summed E-state index contributed by atoms with van der Waals surface area (Å²) in [6.07, 6.45) is 3.98. The fourth-order valence-electron chi connectivity index (χ4n) is 4.26. The lowest BCUT2D eigenvalue weighted by atomic mass is 9.65. The maximum absolute atomic E-state index is 11.6. The molecule has 3 aliphatic rings. The molecule has 1 N–H and O–H groups in total. The van der Waals surface area contributed by atoms with E-state index in [1.807, 2.05) is 0 Å². The highest BCUT2D eigenvalue weighted by molar-refractivity contribution is 7.91. The van der Waals surface area contributed by atoms with Gasteiger partial charge in [-0.25, -0.2) is 8.42 Å². The topological polar surface area (TPSA) is 78.2 Å². The average Bonchev–Trinajstić information content (AvgIpc) is 2.91. The number of hydrogen-bond acceptors (Lipinski definition) is 4. The lowest BCUT2D eigenvalue weighted by molar-refractivity contribution is -0.0869. The van der Waals surface area contributed by atoms with Crippen LogP contribution in [0.3, 0.4) is 0 Å². The van der Waals surface area contributed by atoms with Gasteiger partial charge in [-0.15, -0.1) is 0 Å². The van der Waals surface area contributed by atoms with Gasteiger partial charge in [-0.05, 0) is 43.9 Å². The van der Waals surface area contributed by atoms with E-state index in [4.69, 9.17) is 0 Å². The van der Waals surface area contributed by atoms with Gasteiger partial charge in [0.15, 0.2) is 9.84 Å². The van der Waals surface area contributed by atoms with E-state index in [0.717, 1.165) is 19.3 Å². The van der Waals surface area contributed by atoms with Gasteiger partial charge in [-0.3, -0.25) is 0 Å². The molecule has 4 atom stereocenters. The summed E-state index contributed by atoms with van der Waals surface area (Å²) < 4.78 is 23.3. The van der Waals surface area contributed by atoms with E-state index in [-0.39, 0.29) is 17.4 Å². The Hall–Kier alpha value is -0.600. The Morgan fingerprint density at radius 2 is 2.12 bits per heavy atom. The molecule has 2 bridgehead atoms. The Morgan fingerprint density at radius 1 is 1.35 bits per heavy atom. The molecule has 1 aliphatic heterocycles. The molecule has 0 aromatic carbocycles. The van der Waals surface area contributed by atoms with Crippen LogP contribution in [0.2, 0.25) is 0 Å². The van der Waals surface area contributed by atoms with Crippen molar-refractivity contribution < 1.29 is 13.5 Å². The zero-order valence-electron chi connectivity index (χ0n) is 9.72. The van der Waals surface area contributed by atoms with Crippen molar-refractivity contribution >= 4 is 9.84 Å². The Balaban J connectivity index is 2.00. The second-order valence-corrected chi connectivity index (χ2v) is 8.22. The molecule has 1 saturated heterocycles. The van der Waals surface area contributed by atoms with Crippen LogP contribution >= 0.6 is 0 Å². The van der Waals surface area contributed by atoms with Crippen LogP contribution in [-0.4, -0.2) is 30.6 Å². The van der Waals surface area contributed by atoms with Gasteiger partial charge >= 0.3 is 0 Å². The van der Waals surface area contributed by atoms with E-state index in [2.05, 4.69) is 6.07 Å². The second kappa shape index (κ2) is 3.24. The molecule has 2 saturated carbocycles. The van der Waals surface area contributed by atoms with Gasteiger partial charge in [0.05, 0.1) is 23.2 Å². The largest absolute Gasteiger partial charge is 0.388 e. The average molecular weight is 255 g/mol. The maximum atomic E-state index is 11.6. The van der Waals surface area contributed by atoms with Crippen molar-refractivity contribution in [1.29, 1.82) is 5.26 Å². The lowest BCUT2D eigenvalue weighted by Gasteiger charge is -2.42. The quantitative estimate of drug-likeness (QED) is 0.754. The minimum absolute atomic E-state index is 0.0558. The lowest BCUT2D eigenvalue weighted by Crippen LogP contribution is -2.52. The molecular formula is C12H17NO3S. The van der Waals surface area contributed by atoms with Crippen molar-refractivity contribution in [2.75, 3.05) is 11.5 Å². The zero-order chi connectivity index (χ0) is 12.3. The number of aliphatic hydroxyl groups is 1. The van der Waals surface area contributed by atoms with Gasteiger partial charge in [0, 0.05) is 0 Å². The second-order valence-electron chi connectivity index (χ2n) is 6.04. The van der Waals surface area contributed by atoms with Crippen molar-refractivity contribution in [3.05, 3.63) is 0 Å². The van der Waals surface area contributed by atoms with Crippen LogP contribution in [0, 0.1) is 28.6 Å². The molecule has 4 nitrogen and oxygen atoms in total. The van der Waals surface area contributed by atoms with Crippen molar-refractivity contribution in [1.82, 2.24) is 0 Å². The highest BCUT2D eigenvalue weighted by atomic mass is 32.2. The van der Waals surface area contributed by atoms with Gasteiger partial charge in [0.2, 0.25) is 0 Å². The molecule has 2 aliphatic carbocycles. The van der Waals surface area contributed by atoms with Gasteiger partial charge in [0.25, 0.3) is 0 Å². The minimum Gasteiger partial charge on any atom is -0.388 e. The smallest absolute Gasteiger partial charge is 0.152 e. The molecule has 94 valence electrons. The molecule has 0 radical (unpaired) electrons. The molecule has 5 heteroatoms. The Labute approximate surface area is 102 Å². The van der Waals surface area contributed by atoms with Crippen LogP contribution in [0.1, 0.15) is 32.1 Å². The summed E-state index contributed by atoms with van der Waals surface area (Å²) >= 11 is 0. The van der Waals surface area contributed by atoms with Crippen molar-refractivity contribution in [2.45, 2.75) is 37.7 Å². The number of nitrogens with zero attached hydrogens (tertiary/aromatic N) is 1. The molecule has 4 unspecified atom stereocenters. The van der Waals surface area contributed by atoms with Crippen LogP contribution in [0.25, 0.3) is 0 Å². The summed E-state index contributed by atoms with van der Waals surface area (Å²) in [5.41, 5.74) is -2.08. The first-order chi connectivity index (χ1) is 7.91. The van der Waals surface area contributed by atoms with Crippen LogP contribution in [0.5, 0.6) is 0 Å². The highest BCUT2D eigenvalue weighted by Crippen LogP contribution is 2.59. The molecule has 0 amide bonds. The third kappa shape index (κ3) is 1.40. The number of fused-ring (bicyclic) bond motifs is 2. The Bertz CT molecular complexity index is 494. The Morgan fingerprint density at radius 3 is 2.53 bits per heavy atom. The fraction of sp³-hybridized carbons (Fsp3) is 0.917. The number of sulfone groups is 1. The zero-order valence-corrected chi connectivity index (χ0v) is 10.5. The summed E-state index contributed by atoms with van der Waals surface area (Å²) in [5.74, 6) is 0.551. The van der Waals surface area contributed by atoms with Crippen LogP contribution in [0.4, 0.5) is 0 Å². The molecule has 0 aromatic heterocycles. The van der Waals surface area contributed by atoms with Gasteiger partial charge < -0.3 is 5.11 Å². The summed E-state index contributed by atoms with van der Waals surface area (Å²) in [5, 5.41) is 20.3. The normalized spacial score (nSPS) is 51.5. The summed E-state index contributed by atoms with van der Waals surface area (Å²) in [6.45, 7) is 0. The molecule has 0 aromatic rings. The van der Waals surface area contributed by atoms with E-state index >= 15 is 0 Å². The fourth-order valence-corrected chi connectivity index (χ4v) is 6.28. The monoisotopic (exact) mass is 255 g/mol. The third-order valence-corrected chi connectivity index (χ3v) is 6.92. The number of nitriles is 1. The van der Waals surface area contributed by atoms with E-state index in [1.54, 1.807) is 0 Å². The summed E-state index contributed by atoms with van der Waals surface area (Å²) in [4.78, 5) is 0. The van der Waals surface area contributed by atoms with Gasteiger partial charge in [-0.2, -0.15) is 5.26 Å². The van der Waals surface area contributed by atoms with E-state index in [9.17, 15) is 18.8 Å². The first kappa shape index (κ1) is 11.5. The number of hydrogen-bond donors (Lipinski definition) is 1. The first-order valence-corrected chi connectivity index (χ1v) is 8.07. The molecule has 3 rings (SSSR count). The predicted octanol–water partition coefficient (Wildman–Crippen LogP) is 0.866. The first-order valence-electron chi connectivity index (χ1n) is 6.25. The van der Waals surface area contributed by atoms with Crippen LogP contribution in [0.15, 0.2) is 0 Å². The molecule has 1 heterocycles. The van der Waals surface area contributed by atoms with Gasteiger partial charge in [0.1, 0.15) is 5.41 Å². The standard InChI is InChI=1S/C12H17NO3S/c13-7-11(3-4-17(15,16)8-11)12(14)6-9-1-2-10(12)5-9/h9-10,14H,1-6,8H2. The maximum Gasteiger partial charge on any atom is 0.152 e. The SMILES string of the molecule is N#CC1(C2(O)CC3CCC2C3)CCS(=O)(=O)C1. The number of rotatable bonds is 1. The molecule has 0 spiro atoms.